The van der Waals surface area contributed by atoms with Crippen molar-refractivity contribution in [1.29, 1.82) is 0 Å². The molecule has 1 aliphatic heterocycles. The van der Waals surface area contributed by atoms with Crippen molar-refractivity contribution in [3.63, 3.8) is 0 Å². The molecular weight excluding hydrogens is 382 g/mol. The second kappa shape index (κ2) is 8.66. The molecule has 3 rings (SSSR count). The molecule has 28 heavy (non-hydrogen) atoms. The van der Waals surface area contributed by atoms with Gasteiger partial charge in [-0.25, -0.2) is 0 Å². The molecule has 8 nitrogen and oxygen atoms in total. The van der Waals surface area contributed by atoms with E-state index in [2.05, 4.69) is 5.32 Å². The third kappa shape index (κ3) is 4.55. The molecule has 0 bridgehead atoms. The molecule has 9 heteroatoms. The Morgan fingerprint density at radius 3 is 2.75 bits per heavy atom. The Labute approximate surface area is 166 Å². The van der Waals surface area contributed by atoms with Crippen molar-refractivity contribution in [3.05, 3.63) is 42.5 Å². The lowest BCUT2D eigenvalue weighted by Gasteiger charge is -2.28. The van der Waals surface area contributed by atoms with Crippen LogP contribution in [0.15, 0.2) is 47.4 Å². The zero-order valence-electron chi connectivity index (χ0n) is 15.1. The van der Waals surface area contributed by atoms with Crippen LogP contribution in [0.25, 0.3) is 0 Å². The molecule has 3 N–H and O–H groups in total. The fourth-order valence-corrected chi connectivity index (χ4v) is 3.62. The maximum absolute atomic E-state index is 12.5. The minimum absolute atomic E-state index is 0.111. The Morgan fingerprint density at radius 1 is 1.21 bits per heavy atom. The normalized spacial score (nSPS) is 12.9. The Bertz CT molecular complexity index is 918. The van der Waals surface area contributed by atoms with E-state index >= 15 is 0 Å². The van der Waals surface area contributed by atoms with Crippen molar-refractivity contribution in [2.45, 2.75) is 4.90 Å². The molecular formula is C19H19N3O5S. The van der Waals surface area contributed by atoms with Crippen LogP contribution >= 0.6 is 11.8 Å². The van der Waals surface area contributed by atoms with Crippen molar-refractivity contribution in [1.82, 2.24) is 0 Å². The van der Waals surface area contributed by atoms with Gasteiger partial charge in [0.15, 0.2) is 18.1 Å². The fourth-order valence-electron chi connectivity index (χ4n) is 2.69. The number of carbonyl (C=O) groups is 3. The lowest BCUT2D eigenvalue weighted by Crippen LogP contribution is -2.41. The average molecular weight is 401 g/mol. The minimum atomic E-state index is -0.628. The Hall–Kier alpha value is -3.20. The first-order chi connectivity index (χ1) is 13.5. The summed E-state index contributed by atoms with van der Waals surface area (Å²) < 4.78 is 10.5. The number of hydrogen-bond acceptors (Lipinski definition) is 6. The van der Waals surface area contributed by atoms with E-state index < -0.39 is 5.91 Å². The number of anilines is 2. The molecule has 0 unspecified atom stereocenters. The first kappa shape index (κ1) is 19.6. The number of benzene rings is 2. The van der Waals surface area contributed by atoms with Gasteiger partial charge in [-0.1, -0.05) is 12.1 Å². The summed E-state index contributed by atoms with van der Waals surface area (Å²) in [5, 5.41) is 2.73. The number of amides is 3. The number of carbonyl (C=O) groups excluding carboxylic acids is 3. The number of nitrogens with one attached hydrogen (secondary N) is 1. The molecule has 1 aliphatic rings. The summed E-state index contributed by atoms with van der Waals surface area (Å²) in [6.07, 6.45) is 0. The van der Waals surface area contributed by atoms with E-state index in [0.29, 0.717) is 11.4 Å². The van der Waals surface area contributed by atoms with Crippen LogP contribution in [0.5, 0.6) is 11.5 Å². The van der Waals surface area contributed by atoms with E-state index in [1.807, 2.05) is 24.3 Å². The maximum Gasteiger partial charge on any atom is 0.255 e. The van der Waals surface area contributed by atoms with Gasteiger partial charge in [0.25, 0.3) is 5.91 Å². The van der Waals surface area contributed by atoms with E-state index in [-0.39, 0.29) is 36.5 Å². The van der Waals surface area contributed by atoms with Crippen molar-refractivity contribution < 1.29 is 23.9 Å². The van der Waals surface area contributed by atoms with E-state index in [0.717, 1.165) is 10.6 Å². The number of thioether (sulfide) groups is 1. The maximum atomic E-state index is 12.5. The summed E-state index contributed by atoms with van der Waals surface area (Å²) in [6, 6.07) is 12.2. The Balaban J connectivity index is 1.72. The van der Waals surface area contributed by atoms with Crippen LogP contribution < -0.4 is 25.4 Å². The molecule has 2 aromatic carbocycles. The Kier molecular flexibility index (Phi) is 6.05. The molecule has 0 saturated heterocycles. The molecule has 0 aliphatic carbocycles. The van der Waals surface area contributed by atoms with Gasteiger partial charge >= 0.3 is 0 Å². The topological polar surface area (TPSA) is 111 Å². The Morgan fingerprint density at radius 2 is 2.00 bits per heavy atom. The van der Waals surface area contributed by atoms with Gasteiger partial charge in [-0.15, -0.1) is 11.8 Å². The zero-order valence-corrected chi connectivity index (χ0v) is 16.0. The van der Waals surface area contributed by atoms with Crippen LogP contribution in [0.4, 0.5) is 11.4 Å². The fraction of sp³-hybridized carbons (Fsp3) is 0.211. The highest BCUT2D eigenvalue weighted by molar-refractivity contribution is 8.00. The summed E-state index contributed by atoms with van der Waals surface area (Å²) in [6.45, 7) is -0.426. The number of rotatable bonds is 7. The smallest absolute Gasteiger partial charge is 0.255 e. The number of hydrogen-bond donors (Lipinski definition) is 2. The zero-order chi connectivity index (χ0) is 20.1. The third-order valence-electron chi connectivity index (χ3n) is 3.93. The van der Waals surface area contributed by atoms with E-state index in [1.165, 1.54) is 29.8 Å². The lowest BCUT2D eigenvalue weighted by atomic mass is 10.2. The number of nitrogens with two attached hydrogens (primary N) is 1. The molecule has 0 spiro atoms. The summed E-state index contributed by atoms with van der Waals surface area (Å²) in [7, 11) is 1.46. The molecule has 0 fully saturated rings. The predicted molar refractivity (Wildman–Crippen MR) is 106 cm³/mol. The van der Waals surface area contributed by atoms with Gasteiger partial charge in [-0.2, -0.15) is 0 Å². The quantitative estimate of drug-likeness (QED) is 0.730. The number of fused-ring (bicyclic) bond motifs is 1. The van der Waals surface area contributed by atoms with E-state index in [4.69, 9.17) is 15.2 Å². The lowest BCUT2D eigenvalue weighted by molar-refractivity contribution is -0.120. The molecule has 0 radical (unpaired) electrons. The highest BCUT2D eigenvalue weighted by atomic mass is 32.2. The van der Waals surface area contributed by atoms with Gasteiger partial charge in [0, 0.05) is 16.6 Å². The van der Waals surface area contributed by atoms with Gasteiger partial charge in [0.1, 0.15) is 6.54 Å². The van der Waals surface area contributed by atoms with E-state index in [9.17, 15) is 14.4 Å². The first-order valence-electron chi connectivity index (χ1n) is 8.39. The summed E-state index contributed by atoms with van der Waals surface area (Å²) in [5.41, 5.74) is 6.26. The van der Waals surface area contributed by atoms with Crippen molar-refractivity contribution in [3.8, 4) is 11.5 Å². The van der Waals surface area contributed by atoms with Crippen LogP contribution in [0.2, 0.25) is 0 Å². The number of primary amides is 1. The number of para-hydroxylation sites is 1. The predicted octanol–water partition coefficient (Wildman–Crippen LogP) is 1.64. The molecule has 3 amide bonds. The minimum Gasteiger partial charge on any atom is -0.493 e. The summed E-state index contributed by atoms with van der Waals surface area (Å²) in [4.78, 5) is 38.1. The number of ether oxygens (including phenoxy) is 2. The van der Waals surface area contributed by atoms with Crippen molar-refractivity contribution in [2.75, 3.05) is 36.2 Å². The van der Waals surface area contributed by atoms with Gasteiger partial charge in [0.05, 0.1) is 18.6 Å². The molecule has 0 aromatic heterocycles. The second-order valence-electron chi connectivity index (χ2n) is 5.91. The summed E-state index contributed by atoms with van der Waals surface area (Å²) >= 11 is 1.45. The standard InChI is InChI=1S/C19H19N3O5S/c1-26-14-7-6-12(8-15(14)27-10-17(20)23)21-18(24)9-22-13-4-2-3-5-16(13)28-11-19(22)25/h2-8H,9-11H2,1H3,(H2,20,23)(H,21,24). The second-order valence-corrected chi connectivity index (χ2v) is 6.92. The molecule has 2 aromatic rings. The van der Waals surface area contributed by atoms with Crippen LogP contribution in [-0.4, -0.2) is 43.7 Å². The number of methoxy groups -OCH3 is 1. The number of nitrogens with zero attached hydrogens (tertiary/aromatic N) is 1. The van der Waals surface area contributed by atoms with E-state index in [1.54, 1.807) is 12.1 Å². The highest BCUT2D eigenvalue weighted by Crippen LogP contribution is 2.35. The first-order valence-corrected chi connectivity index (χ1v) is 9.37. The van der Waals surface area contributed by atoms with Gasteiger partial charge in [0.2, 0.25) is 11.8 Å². The van der Waals surface area contributed by atoms with Crippen LogP contribution in [-0.2, 0) is 14.4 Å². The van der Waals surface area contributed by atoms with Crippen LogP contribution in [0.3, 0.4) is 0 Å². The highest BCUT2D eigenvalue weighted by Gasteiger charge is 2.26. The average Bonchev–Trinajstić information content (AvgIpc) is 2.68. The molecule has 0 atom stereocenters. The monoisotopic (exact) mass is 401 g/mol. The third-order valence-corrected chi connectivity index (χ3v) is 4.97. The molecule has 0 saturated carbocycles. The van der Waals surface area contributed by atoms with Crippen molar-refractivity contribution in [2.24, 2.45) is 5.73 Å². The SMILES string of the molecule is COc1ccc(NC(=O)CN2C(=O)CSc3ccccc32)cc1OCC(N)=O. The molecule has 146 valence electrons. The van der Waals surface area contributed by atoms with Gasteiger partial charge in [-0.3, -0.25) is 14.4 Å². The largest absolute Gasteiger partial charge is 0.493 e. The van der Waals surface area contributed by atoms with Crippen molar-refractivity contribution >= 4 is 40.9 Å². The van der Waals surface area contributed by atoms with Crippen LogP contribution in [0.1, 0.15) is 0 Å². The molecule has 1 heterocycles. The van der Waals surface area contributed by atoms with Crippen LogP contribution in [0, 0.1) is 0 Å². The van der Waals surface area contributed by atoms with Gasteiger partial charge < -0.3 is 25.4 Å². The summed E-state index contributed by atoms with van der Waals surface area (Å²) in [5.74, 6) is -0.152. The van der Waals surface area contributed by atoms with Gasteiger partial charge in [-0.05, 0) is 24.3 Å².